The molecule has 1 saturated heterocycles. The Morgan fingerprint density at radius 1 is 1.43 bits per heavy atom. The van der Waals surface area contributed by atoms with Crippen molar-refractivity contribution in [3.63, 3.8) is 0 Å². The van der Waals surface area contributed by atoms with E-state index in [-0.39, 0.29) is 18.3 Å². The molecule has 0 radical (unpaired) electrons. The fraction of sp³-hybridized carbons (Fsp3) is 0.533. The zero-order valence-corrected chi connectivity index (χ0v) is 12.3. The molecule has 0 bridgehead atoms. The van der Waals surface area contributed by atoms with Crippen LogP contribution in [0.15, 0.2) is 24.3 Å². The molecule has 6 nitrogen and oxygen atoms in total. The van der Waals surface area contributed by atoms with Gasteiger partial charge in [-0.05, 0) is 31.2 Å². The van der Waals surface area contributed by atoms with Gasteiger partial charge in [-0.25, -0.2) is 4.79 Å². The molecule has 1 aliphatic heterocycles. The third-order valence-corrected chi connectivity index (χ3v) is 3.18. The van der Waals surface area contributed by atoms with Gasteiger partial charge in [-0.3, -0.25) is 4.90 Å². The van der Waals surface area contributed by atoms with Crippen molar-refractivity contribution in [2.75, 3.05) is 31.8 Å². The van der Waals surface area contributed by atoms with Gasteiger partial charge in [0.1, 0.15) is 11.9 Å². The van der Waals surface area contributed by atoms with Gasteiger partial charge in [0.2, 0.25) is 0 Å². The molecule has 0 spiro atoms. The molecular formula is C15H21NO5. The first kappa shape index (κ1) is 15.6. The Morgan fingerprint density at radius 3 is 2.76 bits per heavy atom. The molecule has 2 rings (SSSR count). The summed E-state index contributed by atoms with van der Waals surface area (Å²) < 4.78 is 15.7. The number of anilines is 1. The van der Waals surface area contributed by atoms with Gasteiger partial charge < -0.3 is 19.3 Å². The van der Waals surface area contributed by atoms with E-state index in [1.165, 1.54) is 0 Å². The van der Waals surface area contributed by atoms with Crippen LogP contribution in [0, 0.1) is 0 Å². The van der Waals surface area contributed by atoms with Crippen LogP contribution in [-0.2, 0) is 9.47 Å². The minimum Gasteiger partial charge on any atom is -0.493 e. The molecule has 0 aromatic heterocycles. The minimum absolute atomic E-state index is 0.232. The molecule has 1 aromatic carbocycles. The zero-order valence-electron chi connectivity index (χ0n) is 12.3. The van der Waals surface area contributed by atoms with Crippen LogP contribution in [-0.4, -0.2) is 50.3 Å². The highest BCUT2D eigenvalue weighted by Crippen LogP contribution is 2.24. The number of benzene rings is 1. The summed E-state index contributed by atoms with van der Waals surface area (Å²) in [5.41, 5.74) is 0.765. The topological polar surface area (TPSA) is 68.2 Å². The first-order chi connectivity index (χ1) is 10.1. The van der Waals surface area contributed by atoms with Crippen LogP contribution in [0.2, 0.25) is 0 Å². The fourth-order valence-corrected chi connectivity index (χ4v) is 2.07. The molecule has 1 aliphatic rings. The molecule has 1 fully saturated rings. The van der Waals surface area contributed by atoms with Crippen LogP contribution in [0.5, 0.6) is 5.75 Å². The summed E-state index contributed by atoms with van der Waals surface area (Å²) in [7, 11) is 1.58. The summed E-state index contributed by atoms with van der Waals surface area (Å²) >= 11 is 0. The SMILES string of the molecule is COC[C@@H]1CN(c2ccc(OCC[C@H](C)O)cc2)C(=O)O1. The smallest absolute Gasteiger partial charge is 0.414 e. The Labute approximate surface area is 124 Å². The van der Waals surface area contributed by atoms with Gasteiger partial charge in [-0.2, -0.15) is 0 Å². The number of amides is 1. The molecule has 6 heteroatoms. The maximum atomic E-state index is 11.8. The van der Waals surface area contributed by atoms with E-state index in [1.807, 2.05) is 12.1 Å². The lowest BCUT2D eigenvalue weighted by Gasteiger charge is -2.14. The van der Waals surface area contributed by atoms with Crippen molar-refractivity contribution in [1.82, 2.24) is 0 Å². The molecule has 21 heavy (non-hydrogen) atoms. The summed E-state index contributed by atoms with van der Waals surface area (Å²) in [6, 6.07) is 7.23. The van der Waals surface area contributed by atoms with E-state index in [1.54, 1.807) is 31.1 Å². The molecule has 2 atom stereocenters. The van der Waals surface area contributed by atoms with Crippen molar-refractivity contribution < 1.29 is 24.1 Å². The number of ether oxygens (including phenoxy) is 3. The molecule has 1 aromatic rings. The average Bonchev–Trinajstić information content (AvgIpc) is 2.80. The largest absolute Gasteiger partial charge is 0.493 e. The van der Waals surface area contributed by atoms with Crippen molar-refractivity contribution in [1.29, 1.82) is 0 Å². The van der Waals surface area contributed by atoms with Gasteiger partial charge in [-0.15, -0.1) is 0 Å². The monoisotopic (exact) mass is 295 g/mol. The second-order valence-electron chi connectivity index (χ2n) is 5.05. The molecule has 0 aliphatic carbocycles. The Balaban J connectivity index is 1.91. The highest BCUT2D eigenvalue weighted by atomic mass is 16.6. The number of nitrogens with zero attached hydrogens (tertiary/aromatic N) is 1. The lowest BCUT2D eigenvalue weighted by molar-refractivity contribution is 0.0718. The van der Waals surface area contributed by atoms with Gasteiger partial charge in [0.15, 0.2) is 0 Å². The number of rotatable bonds is 7. The summed E-state index contributed by atoms with van der Waals surface area (Å²) in [6.07, 6.45) is -0.385. The van der Waals surface area contributed by atoms with Crippen molar-refractivity contribution in [3.8, 4) is 5.75 Å². The number of hydrogen-bond donors (Lipinski definition) is 1. The van der Waals surface area contributed by atoms with Crippen LogP contribution >= 0.6 is 0 Å². The third kappa shape index (κ3) is 4.34. The van der Waals surface area contributed by atoms with E-state index >= 15 is 0 Å². The van der Waals surface area contributed by atoms with E-state index in [0.29, 0.717) is 31.9 Å². The number of carbonyl (C=O) groups excluding carboxylic acids is 1. The van der Waals surface area contributed by atoms with Crippen molar-refractivity contribution in [2.45, 2.75) is 25.6 Å². The zero-order chi connectivity index (χ0) is 15.2. The normalized spacial score (nSPS) is 19.5. The molecule has 0 saturated carbocycles. The van der Waals surface area contributed by atoms with Crippen LogP contribution in [0.25, 0.3) is 0 Å². The Hall–Kier alpha value is -1.79. The van der Waals surface area contributed by atoms with E-state index in [0.717, 1.165) is 5.69 Å². The quantitative estimate of drug-likeness (QED) is 0.831. The number of methoxy groups -OCH3 is 1. The van der Waals surface area contributed by atoms with Crippen molar-refractivity contribution in [2.24, 2.45) is 0 Å². The second-order valence-corrected chi connectivity index (χ2v) is 5.05. The highest BCUT2D eigenvalue weighted by molar-refractivity contribution is 5.89. The molecule has 1 N–H and O–H groups in total. The summed E-state index contributed by atoms with van der Waals surface area (Å²) in [5, 5.41) is 9.17. The minimum atomic E-state index is -0.374. The molecular weight excluding hydrogens is 274 g/mol. The Morgan fingerprint density at radius 2 is 2.14 bits per heavy atom. The van der Waals surface area contributed by atoms with E-state index in [4.69, 9.17) is 19.3 Å². The number of aliphatic hydroxyl groups excluding tert-OH is 1. The predicted octanol–water partition coefficient (Wildman–Crippen LogP) is 1.81. The number of aliphatic hydroxyl groups is 1. The molecule has 116 valence electrons. The average molecular weight is 295 g/mol. The number of carbonyl (C=O) groups is 1. The maximum absolute atomic E-state index is 11.8. The molecule has 1 amide bonds. The van der Waals surface area contributed by atoms with Crippen LogP contribution < -0.4 is 9.64 Å². The lowest BCUT2D eigenvalue weighted by atomic mass is 10.2. The van der Waals surface area contributed by atoms with Gasteiger partial charge in [0.05, 0.1) is 25.9 Å². The standard InChI is InChI=1S/C15H21NO5/c1-11(17)7-8-20-13-5-3-12(4-6-13)16-9-14(10-19-2)21-15(16)18/h3-6,11,14,17H,7-10H2,1-2H3/t11-,14-/m0/s1. The highest BCUT2D eigenvalue weighted by Gasteiger charge is 2.32. The number of hydrogen-bond acceptors (Lipinski definition) is 5. The Bertz CT molecular complexity index is 460. The van der Waals surface area contributed by atoms with Crippen LogP contribution in [0.3, 0.4) is 0 Å². The van der Waals surface area contributed by atoms with Gasteiger partial charge >= 0.3 is 6.09 Å². The first-order valence-electron chi connectivity index (χ1n) is 6.98. The lowest BCUT2D eigenvalue weighted by Crippen LogP contribution is -2.25. The van der Waals surface area contributed by atoms with E-state index in [2.05, 4.69) is 0 Å². The predicted molar refractivity (Wildman–Crippen MR) is 77.7 cm³/mol. The third-order valence-electron chi connectivity index (χ3n) is 3.18. The maximum Gasteiger partial charge on any atom is 0.414 e. The Kier molecular flexibility index (Phi) is 5.41. The van der Waals surface area contributed by atoms with E-state index in [9.17, 15) is 4.79 Å². The summed E-state index contributed by atoms with van der Waals surface area (Å²) in [4.78, 5) is 13.4. The van der Waals surface area contributed by atoms with E-state index < -0.39 is 0 Å². The van der Waals surface area contributed by atoms with Crippen molar-refractivity contribution >= 4 is 11.8 Å². The summed E-state index contributed by atoms with van der Waals surface area (Å²) in [5.74, 6) is 0.709. The van der Waals surface area contributed by atoms with Crippen molar-refractivity contribution in [3.05, 3.63) is 24.3 Å². The fourth-order valence-electron chi connectivity index (χ4n) is 2.07. The van der Waals surface area contributed by atoms with Gasteiger partial charge in [0.25, 0.3) is 0 Å². The number of cyclic esters (lactones) is 1. The summed E-state index contributed by atoms with van der Waals surface area (Å²) in [6.45, 7) is 3.05. The first-order valence-corrected chi connectivity index (χ1v) is 6.98. The second kappa shape index (κ2) is 7.28. The van der Waals surface area contributed by atoms with Gasteiger partial charge in [-0.1, -0.05) is 0 Å². The molecule has 0 unspecified atom stereocenters. The molecule has 1 heterocycles. The van der Waals surface area contributed by atoms with Crippen LogP contribution in [0.4, 0.5) is 10.5 Å². The van der Waals surface area contributed by atoms with Gasteiger partial charge in [0, 0.05) is 19.2 Å². The van der Waals surface area contributed by atoms with Crippen LogP contribution in [0.1, 0.15) is 13.3 Å².